The normalized spacial score (nSPS) is 14.6. The third-order valence-electron chi connectivity index (χ3n) is 4.30. The molecule has 29 heavy (non-hydrogen) atoms. The average molecular weight is 415 g/mol. The number of carbonyl (C=O) groups excluding carboxylic acids is 3. The van der Waals surface area contributed by atoms with Gasteiger partial charge in [0.15, 0.2) is 5.96 Å². The molecule has 0 fully saturated rings. The van der Waals surface area contributed by atoms with E-state index in [1.54, 1.807) is 0 Å². The van der Waals surface area contributed by atoms with E-state index >= 15 is 0 Å². The van der Waals surface area contributed by atoms with Gasteiger partial charge in [-0.1, -0.05) is 20.3 Å². The van der Waals surface area contributed by atoms with Gasteiger partial charge in [0.25, 0.3) is 0 Å². The highest BCUT2D eigenvalue weighted by Crippen LogP contribution is 2.07. The molecule has 0 aliphatic carbocycles. The molecule has 0 bridgehead atoms. The Bertz CT molecular complexity index is 607. The summed E-state index contributed by atoms with van der Waals surface area (Å²) in [5.74, 6) is -3.12. The summed E-state index contributed by atoms with van der Waals surface area (Å²) >= 11 is 0. The first-order chi connectivity index (χ1) is 13.5. The highest BCUT2D eigenvalue weighted by atomic mass is 16.4. The highest BCUT2D eigenvalue weighted by Gasteiger charge is 2.27. The van der Waals surface area contributed by atoms with Gasteiger partial charge in [-0.3, -0.25) is 24.2 Å². The third-order valence-corrected chi connectivity index (χ3v) is 4.30. The fourth-order valence-electron chi connectivity index (χ4n) is 2.25. The second kappa shape index (κ2) is 13.3. The summed E-state index contributed by atoms with van der Waals surface area (Å²) in [5.41, 5.74) is 16.4. The number of aliphatic imine (C=N–C) groups is 1. The van der Waals surface area contributed by atoms with Gasteiger partial charge >= 0.3 is 5.97 Å². The van der Waals surface area contributed by atoms with Gasteiger partial charge in [-0.2, -0.15) is 0 Å². The number of hydrogen-bond acceptors (Lipinski definition) is 6. The predicted octanol–water partition coefficient (Wildman–Crippen LogP) is -2.40. The van der Waals surface area contributed by atoms with Gasteiger partial charge in [0.1, 0.15) is 18.6 Å². The summed E-state index contributed by atoms with van der Waals surface area (Å²) in [5, 5.41) is 15.8. The van der Waals surface area contributed by atoms with Crippen LogP contribution < -0.4 is 33.2 Å². The smallest absolute Gasteiger partial charge is 0.322 e. The number of rotatable bonds is 13. The van der Waals surface area contributed by atoms with Crippen molar-refractivity contribution in [2.75, 3.05) is 13.1 Å². The Balaban J connectivity index is 5.02. The van der Waals surface area contributed by atoms with Crippen molar-refractivity contribution in [3.8, 4) is 0 Å². The molecule has 0 aromatic carbocycles. The lowest BCUT2D eigenvalue weighted by Crippen LogP contribution is -2.56. The summed E-state index contributed by atoms with van der Waals surface area (Å²) in [4.78, 5) is 51.2. The quantitative estimate of drug-likeness (QED) is 0.0975. The molecule has 12 nitrogen and oxygen atoms in total. The number of nitrogens with zero attached hydrogens (tertiary/aromatic N) is 1. The maximum Gasteiger partial charge on any atom is 0.322 e. The average Bonchev–Trinajstić information content (AvgIpc) is 2.66. The summed E-state index contributed by atoms with van der Waals surface area (Å²) in [6, 6.07) is -2.74. The third kappa shape index (κ3) is 10.9. The summed E-state index contributed by atoms with van der Waals surface area (Å²) in [6.07, 6.45) is 1.30. The molecule has 0 aliphatic rings. The first-order valence-electron chi connectivity index (χ1n) is 9.40. The molecule has 166 valence electrons. The molecule has 0 aromatic heterocycles. The summed E-state index contributed by atoms with van der Waals surface area (Å²) in [6.45, 7) is 4.81. The van der Waals surface area contributed by atoms with Crippen molar-refractivity contribution in [2.24, 2.45) is 28.1 Å². The van der Waals surface area contributed by atoms with Gasteiger partial charge in [0.2, 0.25) is 17.7 Å². The molecule has 0 heterocycles. The Labute approximate surface area is 170 Å². The number of carboxylic acid groups (broad SMARTS) is 1. The van der Waals surface area contributed by atoms with E-state index in [1.165, 1.54) is 6.92 Å². The van der Waals surface area contributed by atoms with E-state index in [2.05, 4.69) is 20.9 Å². The van der Waals surface area contributed by atoms with Gasteiger partial charge in [-0.05, 0) is 25.7 Å². The van der Waals surface area contributed by atoms with Crippen LogP contribution in [0.1, 0.15) is 40.0 Å². The number of aliphatic carboxylic acids is 1. The van der Waals surface area contributed by atoms with Gasteiger partial charge in [0, 0.05) is 6.54 Å². The number of amides is 3. The molecule has 12 heteroatoms. The van der Waals surface area contributed by atoms with Crippen LogP contribution in [0.3, 0.4) is 0 Å². The van der Waals surface area contributed by atoms with Gasteiger partial charge in [-0.25, -0.2) is 0 Å². The second-order valence-corrected chi connectivity index (χ2v) is 6.76. The zero-order valence-corrected chi connectivity index (χ0v) is 17.1. The minimum atomic E-state index is -1.21. The highest BCUT2D eigenvalue weighted by molar-refractivity contribution is 5.93. The minimum absolute atomic E-state index is 0.0823. The molecule has 0 saturated heterocycles. The molecule has 0 saturated carbocycles. The zero-order chi connectivity index (χ0) is 22.6. The molecule has 3 amide bonds. The number of carboxylic acids is 1. The van der Waals surface area contributed by atoms with Crippen LogP contribution in [0.2, 0.25) is 0 Å². The van der Waals surface area contributed by atoms with E-state index in [4.69, 9.17) is 22.3 Å². The van der Waals surface area contributed by atoms with Crippen molar-refractivity contribution in [2.45, 2.75) is 58.2 Å². The fourth-order valence-corrected chi connectivity index (χ4v) is 2.25. The number of guanidine groups is 1. The van der Waals surface area contributed by atoms with Crippen LogP contribution in [0.15, 0.2) is 4.99 Å². The molecule has 0 rings (SSSR count). The first-order valence-corrected chi connectivity index (χ1v) is 9.40. The molecular formula is C17H33N7O5. The Hall–Kier alpha value is -2.89. The first kappa shape index (κ1) is 26.1. The van der Waals surface area contributed by atoms with Gasteiger partial charge < -0.3 is 38.3 Å². The number of nitrogens with one attached hydrogen (secondary N) is 3. The Kier molecular flexibility index (Phi) is 12.0. The van der Waals surface area contributed by atoms with Crippen molar-refractivity contribution in [3.63, 3.8) is 0 Å². The summed E-state index contributed by atoms with van der Waals surface area (Å²) in [7, 11) is 0. The molecule has 4 atom stereocenters. The van der Waals surface area contributed by atoms with E-state index < -0.39 is 48.4 Å². The van der Waals surface area contributed by atoms with E-state index in [1.807, 2.05) is 13.8 Å². The topological polar surface area (TPSA) is 215 Å². The van der Waals surface area contributed by atoms with Crippen LogP contribution in [0.25, 0.3) is 0 Å². The van der Waals surface area contributed by atoms with E-state index in [0.29, 0.717) is 12.8 Å². The monoisotopic (exact) mass is 415 g/mol. The minimum Gasteiger partial charge on any atom is -0.480 e. The Morgan fingerprint density at radius 3 is 2.17 bits per heavy atom. The Morgan fingerprint density at radius 1 is 1.03 bits per heavy atom. The molecule has 0 spiro atoms. The SMILES string of the molecule is CCC(C)C(N)C(=O)NC(CCCN=C(N)N)C(=O)NC(C)C(=O)NCC(=O)O. The molecule has 10 N–H and O–H groups in total. The van der Waals surface area contributed by atoms with Crippen molar-refractivity contribution in [1.82, 2.24) is 16.0 Å². The van der Waals surface area contributed by atoms with Crippen LogP contribution in [-0.2, 0) is 19.2 Å². The molecule has 0 radical (unpaired) electrons. The molecule has 4 unspecified atom stereocenters. The van der Waals surface area contributed by atoms with Crippen LogP contribution in [0.5, 0.6) is 0 Å². The fraction of sp³-hybridized carbons (Fsp3) is 0.706. The van der Waals surface area contributed by atoms with Gasteiger partial charge in [-0.15, -0.1) is 0 Å². The van der Waals surface area contributed by atoms with E-state index in [-0.39, 0.29) is 24.8 Å². The maximum absolute atomic E-state index is 12.6. The molecule has 0 aromatic rings. The van der Waals surface area contributed by atoms with E-state index in [9.17, 15) is 19.2 Å². The van der Waals surface area contributed by atoms with E-state index in [0.717, 1.165) is 0 Å². The zero-order valence-electron chi connectivity index (χ0n) is 17.1. The lowest BCUT2D eigenvalue weighted by molar-refractivity contribution is -0.138. The lowest BCUT2D eigenvalue weighted by atomic mass is 9.98. The van der Waals surface area contributed by atoms with Crippen molar-refractivity contribution in [1.29, 1.82) is 0 Å². The molecular weight excluding hydrogens is 382 g/mol. The Morgan fingerprint density at radius 2 is 1.66 bits per heavy atom. The maximum atomic E-state index is 12.6. The lowest BCUT2D eigenvalue weighted by Gasteiger charge is -2.24. The standard InChI is InChI=1S/C17H33N7O5/c1-4-9(2)13(18)16(29)24-11(6-5-7-21-17(19)20)15(28)23-10(3)14(27)22-8-12(25)26/h9-11,13H,4-8,18H2,1-3H3,(H,22,27)(H,23,28)(H,24,29)(H,25,26)(H4,19,20,21). The largest absolute Gasteiger partial charge is 0.480 e. The number of nitrogens with two attached hydrogens (primary N) is 3. The predicted molar refractivity (Wildman–Crippen MR) is 108 cm³/mol. The number of carbonyl (C=O) groups is 4. The van der Waals surface area contributed by atoms with Crippen molar-refractivity contribution in [3.05, 3.63) is 0 Å². The van der Waals surface area contributed by atoms with Crippen LogP contribution >= 0.6 is 0 Å². The molecule has 0 aliphatic heterocycles. The van der Waals surface area contributed by atoms with Crippen LogP contribution in [0, 0.1) is 5.92 Å². The van der Waals surface area contributed by atoms with Crippen LogP contribution in [-0.4, -0.2) is 66.0 Å². The van der Waals surface area contributed by atoms with Crippen molar-refractivity contribution < 1.29 is 24.3 Å². The second-order valence-electron chi connectivity index (χ2n) is 6.76. The van der Waals surface area contributed by atoms with Crippen molar-refractivity contribution >= 4 is 29.7 Å². The summed E-state index contributed by atoms with van der Waals surface area (Å²) < 4.78 is 0. The van der Waals surface area contributed by atoms with Gasteiger partial charge in [0.05, 0.1) is 6.04 Å². The number of hydrogen-bond donors (Lipinski definition) is 7. The van der Waals surface area contributed by atoms with Crippen LogP contribution in [0.4, 0.5) is 0 Å².